The zero-order chi connectivity index (χ0) is 20.1. The van der Waals surface area contributed by atoms with Gasteiger partial charge in [0.05, 0.1) is 0 Å². The van der Waals surface area contributed by atoms with Crippen molar-refractivity contribution < 1.29 is 14.0 Å². The molecule has 1 rings (SSSR count). The van der Waals surface area contributed by atoms with E-state index in [1.807, 2.05) is 44.2 Å². The van der Waals surface area contributed by atoms with Crippen LogP contribution in [0.3, 0.4) is 0 Å². The number of carbonyl (C=O) groups excluding carboxylic acids is 2. The lowest BCUT2D eigenvalue weighted by molar-refractivity contribution is -0.132. The second-order valence-corrected chi connectivity index (χ2v) is 13.9. The molecule has 1 aromatic carbocycles. The Morgan fingerprint density at radius 2 is 1.62 bits per heavy atom. The molecule has 0 heterocycles. The van der Waals surface area contributed by atoms with Gasteiger partial charge < -0.3 is 4.43 Å². The number of hydrogen-bond acceptors (Lipinski definition) is 3. The quantitative estimate of drug-likeness (QED) is 0.539. The van der Waals surface area contributed by atoms with Crippen LogP contribution < -0.4 is 0 Å². The largest absolute Gasteiger partial charge is 0.407 e. The van der Waals surface area contributed by atoms with Crippen LogP contribution in [0.5, 0.6) is 0 Å². The van der Waals surface area contributed by atoms with E-state index < -0.39 is 14.4 Å². The summed E-state index contributed by atoms with van der Waals surface area (Å²) in [5, 5.41) is 0.0280. The molecule has 2 atom stereocenters. The summed E-state index contributed by atoms with van der Waals surface area (Å²) in [5.41, 5.74) is 1.09. The van der Waals surface area contributed by atoms with E-state index in [0.29, 0.717) is 6.42 Å². The minimum absolute atomic E-state index is 0.0280. The Balaban J connectivity index is 3.06. The summed E-state index contributed by atoms with van der Waals surface area (Å²) in [6.45, 7) is 16.5. The van der Waals surface area contributed by atoms with Crippen LogP contribution >= 0.6 is 0 Å². The third-order valence-corrected chi connectivity index (χ3v) is 10.1. The molecule has 0 saturated heterocycles. The molecule has 0 bridgehead atoms. The fourth-order valence-corrected chi connectivity index (χ4v) is 4.06. The zero-order valence-electron chi connectivity index (χ0n) is 17.8. The van der Waals surface area contributed by atoms with E-state index in [1.165, 1.54) is 0 Å². The van der Waals surface area contributed by atoms with Gasteiger partial charge in [0.1, 0.15) is 11.9 Å². The van der Waals surface area contributed by atoms with Crippen LogP contribution in [0.4, 0.5) is 0 Å². The molecule has 4 heteroatoms. The van der Waals surface area contributed by atoms with Gasteiger partial charge in [-0.2, -0.15) is 0 Å². The van der Waals surface area contributed by atoms with Crippen LogP contribution in [0.1, 0.15) is 53.5 Å². The Hall–Kier alpha value is -1.26. The van der Waals surface area contributed by atoms with Crippen molar-refractivity contribution in [3.05, 3.63) is 35.9 Å². The third-order valence-electron chi connectivity index (χ3n) is 5.61. The molecule has 0 amide bonds. The molecule has 3 nitrogen and oxygen atoms in total. The summed E-state index contributed by atoms with van der Waals surface area (Å²) in [7, 11) is -2.10. The Bertz CT molecular complexity index is 600. The standard InChI is InChI=1S/C22H36O3Si/c1-16(2)19(17(3)23)15-20(24)21(14-18-12-10-9-11-13-18)25-26(7,8)22(4,5)6/h9-13,16,19,21H,14-15H2,1-8H3/t19-,21-/m0/s1. The molecule has 0 aliphatic carbocycles. The average Bonchev–Trinajstić information content (AvgIpc) is 2.50. The fourth-order valence-electron chi connectivity index (χ4n) is 2.78. The molecular formula is C22H36O3Si. The summed E-state index contributed by atoms with van der Waals surface area (Å²) in [4.78, 5) is 25.1. The summed E-state index contributed by atoms with van der Waals surface area (Å²) >= 11 is 0. The van der Waals surface area contributed by atoms with Crippen LogP contribution in [0.15, 0.2) is 30.3 Å². The Labute approximate surface area is 160 Å². The van der Waals surface area contributed by atoms with Crippen molar-refractivity contribution in [1.82, 2.24) is 0 Å². The fraction of sp³-hybridized carbons (Fsp3) is 0.636. The van der Waals surface area contributed by atoms with Gasteiger partial charge in [0, 0.05) is 18.8 Å². The average molecular weight is 377 g/mol. The zero-order valence-corrected chi connectivity index (χ0v) is 18.8. The molecule has 26 heavy (non-hydrogen) atoms. The minimum atomic E-state index is -2.10. The number of carbonyl (C=O) groups is 2. The maximum atomic E-state index is 13.1. The molecule has 0 aliphatic heterocycles. The highest BCUT2D eigenvalue weighted by molar-refractivity contribution is 6.74. The summed E-state index contributed by atoms with van der Waals surface area (Å²) < 4.78 is 6.51. The Morgan fingerprint density at radius 1 is 1.08 bits per heavy atom. The maximum Gasteiger partial charge on any atom is 0.193 e. The van der Waals surface area contributed by atoms with Gasteiger partial charge in [-0.3, -0.25) is 9.59 Å². The molecule has 0 unspecified atom stereocenters. The van der Waals surface area contributed by atoms with Crippen LogP contribution in [0.25, 0.3) is 0 Å². The first-order chi connectivity index (χ1) is 11.8. The number of ketones is 2. The smallest absolute Gasteiger partial charge is 0.193 e. The van der Waals surface area contributed by atoms with Crippen molar-refractivity contribution in [3.8, 4) is 0 Å². The first-order valence-electron chi connectivity index (χ1n) is 9.60. The van der Waals surface area contributed by atoms with Crippen molar-refractivity contribution in [1.29, 1.82) is 0 Å². The highest BCUT2D eigenvalue weighted by Gasteiger charge is 2.41. The number of rotatable bonds is 9. The minimum Gasteiger partial charge on any atom is -0.407 e. The second-order valence-electron chi connectivity index (χ2n) is 9.19. The topological polar surface area (TPSA) is 43.4 Å². The number of Topliss-reactive ketones (excluding diaryl/α,β-unsaturated/α-hetero) is 2. The molecule has 0 radical (unpaired) electrons. The first kappa shape index (κ1) is 22.8. The molecule has 0 aromatic heterocycles. The first-order valence-corrected chi connectivity index (χ1v) is 12.5. The van der Waals surface area contributed by atoms with Crippen molar-refractivity contribution in [3.63, 3.8) is 0 Å². The van der Waals surface area contributed by atoms with Crippen molar-refractivity contribution in [2.75, 3.05) is 0 Å². The highest BCUT2D eigenvalue weighted by Crippen LogP contribution is 2.38. The molecule has 0 spiro atoms. The number of hydrogen-bond donors (Lipinski definition) is 0. The highest BCUT2D eigenvalue weighted by atomic mass is 28.4. The van der Waals surface area contributed by atoms with Crippen molar-refractivity contribution in [2.45, 2.75) is 78.6 Å². The molecule has 146 valence electrons. The molecule has 0 N–H and O–H groups in total. The molecule has 0 aliphatic rings. The van der Waals surface area contributed by atoms with E-state index >= 15 is 0 Å². The van der Waals surface area contributed by atoms with E-state index in [9.17, 15) is 9.59 Å². The van der Waals surface area contributed by atoms with E-state index in [4.69, 9.17) is 4.43 Å². The SMILES string of the molecule is CC(=O)[C@@H](CC(=O)[C@H](Cc1ccccc1)O[Si](C)(C)C(C)(C)C)C(C)C. The van der Waals surface area contributed by atoms with Crippen molar-refractivity contribution in [2.24, 2.45) is 11.8 Å². The van der Waals surface area contributed by atoms with Crippen LogP contribution in [0.2, 0.25) is 18.1 Å². The van der Waals surface area contributed by atoms with Crippen LogP contribution in [-0.2, 0) is 20.4 Å². The predicted octanol–water partition coefficient (Wildman–Crippen LogP) is 5.44. The van der Waals surface area contributed by atoms with E-state index in [0.717, 1.165) is 5.56 Å². The number of benzene rings is 1. The lowest BCUT2D eigenvalue weighted by Crippen LogP contribution is -2.47. The van der Waals surface area contributed by atoms with E-state index in [-0.39, 0.29) is 34.9 Å². The van der Waals surface area contributed by atoms with Gasteiger partial charge >= 0.3 is 0 Å². The Kier molecular flexibility index (Phi) is 7.97. The van der Waals surface area contributed by atoms with Gasteiger partial charge in [-0.25, -0.2) is 0 Å². The lowest BCUT2D eigenvalue weighted by atomic mass is 9.86. The van der Waals surface area contributed by atoms with Crippen LogP contribution in [-0.4, -0.2) is 26.0 Å². The third kappa shape index (κ3) is 6.47. The summed E-state index contributed by atoms with van der Waals surface area (Å²) in [6.07, 6.45) is 0.340. The predicted molar refractivity (Wildman–Crippen MR) is 111 cm³/mol. The monoisotopic (exact) mass is 376 g/mol. The van der Waals surface area contributed by atoms with Gasteiger partial charge in [-0.1, -0.05) is 65.0 Å². The summed E-state index contributed by atoms with van der Waals surface area (Å²) in [6, 6.07) is 9.99. The lowest BCUT2D eigenvalue weighted by Gasteiger charge is -2.39. The van der Waals surface area contributed by atoms with Crippen molar-refractivity contribution >= 4 is 19.9 Å². The maximum absolute atomic E-state index is 13.1. The normalized spacial score (nSPS) is 15.0. The van der Waals surface area contributed by atoms with Gasteiger partial charge in [-0.15, -0.1) is 0 Å². The van der Waals surface area contributed by atoms with E-state index in [1.54, 1.807) is 6.92 Å². The van der Waals surface area contributed by atoms with E-state index in [2.05, 4.69) is 33.9 Å². The second kappa shape index (κ2) is 9.09. The molecule has 0 fully saturated rings. The molecule has 0 saturated carbocycles. The molecule has 1 aromatic rings. The van der Waals surface area contributed by atoms with Gasteiger partial charge in [0.25, 0.3) is 0 Å². The Morgan fingerprint density at radius 3 is 2.04 bits per heavy atom. The van der Waals surface area contributed by atoms with Gasteiger partial charge in [0.2, 0.25) is 0 Å². The summed E-state index contributed by atoms with van der Waals surface area (Å²) in [5.74, 6) is 0.0530. The van der Waals surface area contributed by atoms with Crippen LogP contribution in [0, 0.1) is 11.8 Å². The van der Waals surface area contributed by atoms with Gasteiger partial charge in [0.15, 0.2) is 14.1 Å². The molecular weight excluding hydrogens is 340 g/mol. The van der Waals surface area contributed by atoms with Gasteiger partial charge in [-0.05, 0) is 36.5 Å².